The van der Waals surface area contributed by atoms with Gasteiger partial charge in [-0.1, -0.05) is 29.3 Å². The van der Waals surface area contributed by atoms with Crippen LogP contribution in [0.3, 0.4) is 0 Å². The standard InChI is InChI=1S/C20H24Cl2N2O/c1-12(16-2-3-17(21)18(22)7-16)23-24-19(25)11-20-8-13-4-14(9-20)6-15(5-13)10-20/h2-3,7,13-15H,4-6,8-11H2,1H3,(H,24,25)/b23-12-. The van der Waals surface area contributed by atoms with E-state index in [0.717, 1.165) is 29.0 Å². The van der Waals surface area contributed by atoms with Gasteiger partial charge in [0.25, 0.3) is 0 Å². The van der Waals surface area contributed by atoms with E-state index in [1.165, 1.54) is 38.5 Å². The zero-order valence-electron chi connectivity index (χ0n) is 14.5. The maximum absolute atomic E-state index is 12.5. The van der Waals surface area contributed by atoms with Crippen molar-refractivity contribution in [1.82, 2.24) is 5.43 Å². The maximum Gasteiger partial charge on any atom is 0.240 e. The lowest BCUT2D eigenvalue weighted by atomic mass is 9.49. The van der Waals surface area contributed by atoms with E-state index in [2.05, 4.69) is 10.5 Å². The zero-order chi connectivity index (χ0) is 17.6. The van der Waals surface area contributed by atoms with Crippen LogP contribution in [0.2, 0.25) is 10.0 Å². The Morgan fingerprint density at radius 1 is 1.12 bits per heavy atom. The van der Waals surface area contributed by atoms with E-state index < -0.39 is 0 Å². The Labute approximate surface area is 159 Å². The van der Waals surface area contributed by atoms with Crippen molar-refractivity contribution in [1.29, 1.82) is 0 Å². The van der Waals surface area contributed by atoms with Gasteiger partial charge in [-0.05, 0) is 86.3 Å². The molecule has 1 aromatic rings. The molecule has 134 valence electrons. The Bertz CT molecular complexity index is 693. The van der Waals surface area contributed by atoms with Crippen LogP contribution in [0.25, 0.3) is 0 Å². The molecular formula is C20H24Cl2N2O. The summed E-state index contributed by atoms with van der Waals surface area (Å²) in [5.41, 5.74) is 4.60. The lowest BCUT2D eigenvalue weighted by Gasteiger charge is -2.56. The lowest BCUT2D eigenvalue weighted by Crippen LogP contribution is -2.47. The molecule has 1 N–H and O–H groups in total. The number of hydrogen-bond donors (Lipinski definition) is 1. The summed E-state index contributed by atoms with van der Waals surface area (Å²) < 4.78 is 0. The second kappa shape index (κ2) is 6.59. The molecule has 0 saturated heterocycles. The topological polar surface area (TPSA) is 41.5 Å². The van der Waals surface area contributed by atoms with Gasteiger partial charge in [-0.3, -0.25) is 4.79 Å². The molecule has 4 fully saturated rings. The van der Waals surface area contributed by atoms with Crippen molar-refractivity contribution in [3.05, 3.63) is 33.8 Å². The number of carbonyl (C=O) groups excluding carboxylic acids is 1. The maximum atomic E-state index is 12.5. The molecule has 5 heteroatoms. The molecule has 0 radical (unpaired) electrons. The third-order valence-corrected chi connectivity index (χ3v) is 7.13. The number of nitrogens with one attached hydrogen (secondary N) is 1. The zero-order valence-corrected chi connectivity index (χ0v) is 16.0. The molecule has 4 aliphatic carbocycles. The van der Waals surface area contributed by atoms with Crippen LogP contribution < -0.4 is 5.43 Å². The first-order chi connectivity index (χ1) is 11.9. The van der Waals surface area contributed by atoms with Crippen molar-refractivity contribution in [2.24, 2.45) is 28.3 Å². The summed E-state index contributed by atoms with van der Waals surface area (Å²) in [6, 6.07) is 5.38. The normalized spacial score (nSPS) is 33.6. The molecule has 4 saturated carbocycles. The van der Waals surface area contributed by atoms with Crippen LogP contribution in [0.4, 0.5) is 0 Å². The SMILES string of the molecule is C/C(=N/NC(=O)CC12CC3CC(CC(C3)C1)C2)c1ccc(Cl)c(Cl)c1. The summed E-state index contributed by atoms with van der Waals surface area (Å²) in [4.78, 5) is 12.5. The van der Waals surface area contributed by atoms with E-state index in [1.807, 2.05) is 13.0 Å². The van der Waals surface area contributed by atoms with E-state index in [9.17, 15) is 4.79 Å². The van der Waals surface area contributed by atoms with Gasteiger partial charge in [0.15, 0.2) is 0 Å². The van der Waals surface area contributed by atoms with Gasteiger partial charge >= 0.3 is 0 Å². The Kier molecular flexibility index (Phi) is 4.57. The first-order valence-corrected chi connectivity index (χ1v) is 9.97. The number of hydrogen-bond acceptors (Lipinski definition) is 2. The van der Waals surface area contributed by atoms with Gasteiger partial charge in [0.2, 0.25) is 5.91 Å². The molecule has 0 aliphatic heterocycles. The molecule has 0 spiro atoms. The van der Waals surface area contributed by atoms with Crippen LogP contribution in [-0.4, -0.2) is 11.6 Å². The summed E-state index contributed by atoms with van der Waals surface area (Å²) in [6.45, 7) is 1.87. The van der Waals surface area contributed by atoms with Crippen molar-refractivity contribution in [2.75, 3.05) is 0 Å². The minimum atomic E-state index is 0.0429. The fourth-order valence-electron chi connectivity index (χ4n) is 5.82. The summed E-state index contributed by atoms with van der Waals surface area (Å²) in [5.74, 6) is 2.63. The van der Waals surface area contributed by atoms with E-state index >= 15 is 0 Å². The fraction of sp³-hybridized carbons (Fsp3) is 0.600. The second-order valence-corrected chi connectivity index (χ2v) is 9.27. The van der Waals surface area contributed by atoms with Gasteiger partial charge < -0.3 is 0 Å². The molecule has 5 rings (SSSR count). The van der Waals surface area contributed by atoms with E-state index in [1.54, 1.807) is 12.1 Å². The van der Waals surface area contributed by atoms with Crippen LogP contribution in [0, 0.1) is 23.2 Å². The predicted octanol–water partition coefficient (Wildman–Crippen LogP) is 5.44. The van der Waals surface area contributed by atoms with Crippen molar-refractivity contribution in [3.8, 4) is 0 Å². The highest BCUT2D eigenvalue weighted by Crippen LogP contribution is 2.61. The first-order valence-electron chi connectivity index (χ1n) is 9.21. The molecule has 1 amide bonds. The van der Waals surface area contributed by atoms with E-state index in [0.29, 0.717) is 16.5 Å². The fourth-order valence-corrected chi connectivity index (χ4v) is 6.12. The number of benzene rings is 1. The molecule has 0 atom stereocenters. The third-order valence-electron chi connectivity index (χ3n) is 6.39. The van der Waals surface area contributed by atoms with Crippen LogP contribution in [0.15, 0.2) is 23.3 Å². The molecule has 25 heavy (non-hydrogen) atoms. The second-order valence-electron chi connectivity index (χ2n) is 8.46. The van der Waals surface area contributed by atoms with Crippen molar-refractivity contribution >= 4 is 34.8 Å². The lowest BCUT2D eigenvalue weighted by molar-refractivity contribution is -0.129. The Morgan fingerprint density at radius 2 is 1.72 bits per heavy atom. The third kappa shape index (κ3) is 3.59. The van der Waals surface area contributed by atoms with Crippen LogP contribution in [-0.2, 0) is 4.79 Å². The highest BCUT2D eigenvalue weighted by atomic mass is 35.5. The summed E-state index contributed by atoms with van der Waals surface area (Å²) in [6.07, 6.45) is 8.53. The van der Waals surface area contributed by atoms with Gasteiger partial charge in [-0.2, -0.15) is 5.10 Å². The van der Waals surface area contributed by atoms with E-state index in [-0.39, 0.29) is 11.3 Å². The highest BCUT2D eigenvalue weighted by molar-refractivity contribution is 6.42. The predicted molar refractivity (Wildman–Crippen MR) is 102 cm³/mol. The Balaban J connectivity index is 1.40. The molecule has 4 aliphatic rings. The van der Waals surface area contributed by atoms with Gasteiger partial charge in [-0.15, -0.1) is 0 Å². The number of hydrazone groups is 1. The monoisotopic (exact) mass is 378 g/mol. The Morgan fingerprint density at radius 3 is 2.28 bits per heavy atom. The summed E-state index contributed by atoms with van der Waals surface area (Å²) in [5, 5.41) is 5.29. The molecule has 3 nitrogen and oxygen atoms in total. The highest BCUT2D eigenvalue weighted by Gasteiger charge is 2.51. The van der Waals surface area contributed by atoms with Gasteiger partial charge in [0.1, 0.15) is 0 Å². The average Bonchev–Trinajstić information content (AvgIpc) is 2.53. The number of rotatable bonds is 4. The largest absolute Gasteiger partial charge is 0.273 e. The molecule has 0 heterocycles. The van der Waals surface area contributed by atoms with Gasteiger partial charge in [0, 0.05) is 6.42 Å². The van der Waals surface area contributed by atoms with Crippen LogP contribution >= 0.6 is 23.2 Å². The van der Waals surface area contributed by atoms with Crippen molar-refractivity contribution in [3.63, 3.8) is 0 Å². The molecule has 1 aromatic carbocycles. The molecule has 4 bridgehead atoms. The number of carbonyl (C=O) groups is 1. The summed E-state index contributed by atoms with van der Waals surface area (Å²) >= 11 is 12.0. The number of amides is 1. The Hall–Kier alpha value is -1.06. The molecule has 0 aromatic heterocycles. The number of halogens is 2. The number of nitrogens with zero attached hydrogens (tertiary/aromatic N) is 1. The molecule has 0 unspecified atom stereocenters. The van der Waals surface area contributed by atoms with Crippen LogP contribution in [0.1, 0.15) is 57.4 Å². The minimum absolute atomic E-state index is 0.0429. The minimum Gasteiger partial charge on any atom is -0.273 e. The summed E-state index contributed by atoms with van der Waals surface area (Å²) in [7, 11) is 0. The van der Waals surface area contributed by atoms with Crippen molar-refractivity contribution in [2.45, 2.75) is 51.9 Å². The quantitative estimate of drug-likeness (QED) is 0.549. The van der Waals surface area contributed by atoms with Gasteiger partial charge in [-0.25, -0.2) is 5.43 Å². The van der Waals surface area contributed by atoms with Crippen LogP contribution in [0.5, 0.6) is 0 Å². The molecular weight excluding hydrogens is 355 g/mol. The van der Waals surface area contributed by atoms with Crippen molar-refractivity contribution < 1.29 is 4.79 Å². The van der Waals surface area contributed by atoms with E-state index in [4.69, 9.17) is 23.2 Å². The van der Waals surface area contributed by atoms with Gasteiger partial charge in [0.05, 0.1) is 15.8 Å². The average molecular weight is 379 g/mol. The smallest absolute Gasteiger partial charge is 0.240 e. The first kappa shape index (κ1) is 17.4.